The second kappa shape index (κ2) is 4.01. The van der Waals surface area contributed by atoms with Crippen molar-refractivity contribution in [2.24, 2.45) is 0 Å². The summed E-state index contributed by atoms with van der Waals surface area (Å²) in [5, 5.41) is 8.71. The molecule has 0 bridgehead atoms. The van der Waals surface area contributed by atoms with E-state index >= 15 is 0 Å². The van der Waals surface area contributed by atoms with Gasteiger partial charge >= 0.3 is 0 Å². The SMILES string of the molecule is CN1CN(C)CN(CCO)C1. The summed E-state index contributed by atoms with van der Waals surface area (Å²) >= 11 is 0. The molecule has 0 aromatic heterocycles. The summed E-state index contributed by atoms with van der Waals surface area (Å²) in [7, 11) is 4.17. The van der Waals surface area contributed by atoms with Gasteiger partial charge in [0, 0.05) is 6.54 Å². The van der Waals surface area contributed by atoms with Gasteiger partial charge in [0.2, 0.25) is 0 Å². The molecule has 11 heavy (non-hydrogen) atoms. The Bertz CT molecular complexity index is 110. The summed E-state index contributed by atoms with van der Waals surface area (Å²) in [5.41, 5.74) is 0. The first-order valence-electron chi connectivity index (χ1n) is 3.92. The molecule has 0 saturated carbocycles. The molecule has 1 heterocycles. The van der Waals surface area contributed by atoms with Crippen LogP contribution in [-0.2, 0) is 0 Å². The lowest BCUT2D eigenvalue weighted by Gasteiger charge is -2.38. The Morgan fingerprint density at radius 1 is 1.09 bits per heavy atom. The maximum Gasteiger partial charge on any atom is 0.0559 e. The van der Waals surface area contributed by atoms with Gasteiger partial charge in [0.1, 0.15) is 0 Å². The van der Waals surface area contributed by atoms with Crippen molar-refractivity contribution in [1.82, 2.24) is 14.7 Å². The molecule has 0 aromatic carbocycles. The molecule has 0 atom stereocenters. The maximum absolute atomic E-state index is 8.71. The molecule has 0 amide bonds. The van der Waals surface area contributed by atoms with E-state index in [0.717, 1.165) is 26.6 Å². The van der Waals surface area contributed by atoms with Crippen LogP contribution in [0.1, 0.15) is 0 Å². The van der Waals surface area contributed by atoms with E-state index in [-0.39, 0.29) is 6.61 Å². The summed E-state index contributed by atoms with van der Waals surface area (Å²) in [4.78, 5) is 6.65. The predicted octanol–water partition coefficient (Wildman–Crippen LogP) is -0.970. The lowest BCUT2D eigenvalue weighted by atomic mass is 10.5. The Kier molecular flexibility index (Phi) is 3.26. The number of hydrogen-bond acceptors (Lipinski definition) is 4. The molecule has 0 aliphatic carbocycles. The average molecular weight is 159 g/mol. The largest absolute Gasteiger partial charge is 0.395 e. The highest BCUT2D eigenvalue weighted by atomic mass is 16.3. The van der Waals surface area contributed by atoms with Crippen LogP contribution in [0, 0.1) is 0 Å². The van der Waals surface area contributed by atoms with Crippen LogP contribution >= 0.6 is 0 Å². The number of aliphatic hydroxyl groups excluding tert-OH is 1. The Morgan fingerprint density at radius 3 is 2.09 bits per heavy atom. The number of rotatable bonds is 2. The molecular formula is C7H17N3O. The Labute approximate surface area is 68.0 Å². The minimum Gasteiger partial charge on any atom is -0.395 e. The fraction of sp³-hybridized carbons (Fsp3) is 1.00. The maximum atomic E-state index is 8.71. The molecule has 1 rings (SSSR count). The molecule has 66 valence electrons. The van der Waals surface area contributed by atoms with Crippen molar-refractivity contribution in [2.45, 2.75) is 0 Å². The first kappa shape index (κ1) is 8.93. The van der Waals surface area contributed by atoms with Gasteiger partial charge in [-0.3, -0.25) is 14.7 Å². The first-order chi connectivity index (χ1) is 5.22. The third-order valence-electron chi connectivity index (χ3n) is 1.78. The van der Waals surface area contributed by atoms with Crippen LogP contribution in [0.15, 0.2) is 0 Å². The Hall–Kier alpha value is -0.160. The van der Waals surface area contributed by atoms with Crippen molar-refractivity contribution >= 4 is 0 Å². The molecule has 4 heteroatoms. The van der Waals surface area contributed by atoms with Crippen molar-refractivity contribution in [3.63, 3.8) is 0 Å². The molecule has 1 aliphatic rings. The third kappa shape index (κ3) is 2.75. The van der Waals surface area contributed by atoms with Crippen molar-refractivity contribution in [3.8, 4) is 0 Å². The lowest BCUT2D eigenvalue weighted by Crippen LogP contribution is -2.52. The highest BCUT2D eigenvalue weighted by molar-refractivity contribution is 4.63. The number of β-amino-alcohol motifs (C(OH)–C–C–N with tert-alkyl or cyclic N) is 1. The molecule has 0 spiro atoms. The van der Waals surface area contributed by atoms with Gasteiger partial charge in [0.15, 0.2) is 0 Å². The summed E-state index contributed by atoms with van der Waals surface area (Å²) in [6.45, 7) is 3.97. The Balaban J connectivity index is 2.30. The minimum atomic E-state index is 0.252. The van der Waals surface area contributed by atoms with Gasteiger partial charge in [0.05, 0.1) is 26.6 Å². The van der Waals surface area contributed by atoms with Crippen LogP contribution in [0.2, 0.25) is 0 Å². The molecule has 0 aromatic rings. The minimum absolute atomic E-state index is 0.252. The molecule has 1 fully saturated rings. The van der Waals surface area contributed by atoms with Gasteiger partial charge in [-0.05, 0) is 14.1 Å². The van der Waals surface area contributed by atoms with E-state index < -0.39 is 0 Å². The second-order valence-corrected chi connectivity index (χ2v) is 3.25. The molecule has 0 unspecified atom stereocenters. The van der Waals surface area contributed by atoms with Gasteiger partial charge in [-0.15, -0.1) is 0 Å². The van der Waals surface area contributed by atoms with E-state index in [0.29, 0.717) is 0 Å². The summed E-state index contributed by atoms with van der Waals surface area (Å²) in [5.74, 6) is 0. The Morgan fingerprint density at radius 2 is 1.64 bits per heavy atom. The first-order valence-corrected chi connectivity index (χ1v) is 3.92. The molecule has 0 radical (unpaired) electrons. The van der Waals surface area contributed by atoms with E-state index in [9.17, 15) is 0 Å². The lowest BCUT2D eigenvalue weighted by molar-refractivity contribution is -0.00847. The van der Waals surface area contributed by atoms with E-state index in [2.05, 4.69) is 28.8 Å². The van der Waals surface area contributed by atoms with Crippen LogP contribution in [-0.4, -0.2) is 67.1 Å². The highest BCUT2D eigenvalue weighted by Gasteiger charge is 2.16. The fourth-order valence-electron chi connectivity index (χ4n) is 1.51. The van der Waals surface area contributed by atoms with Crippen LogP contribution in [0.3, 0.4) is 0 Å². The predicted molar refractivity (Wildman–Crippen MR) is 43.9 cm³/mol. The van der Waals surface area contributed by atoms with Gasteiger partial charge in [-0.25, -0.2) is 0 Å². The monoisotopic (exact) mass is 159 g/mol. The van der Waals surface area contributed by atoms with E-state index in [1.807, 2.05) is 0 Å². The van der Waals surface area contributed by atoms with Gasteiger partial charge < -0.3 is 5.11 Å². The zero-order valence-electron chi connectivity index (χ0n) is 7.32. The summed E-state index contributed by atoms with van der Waals surface area (Å²) in [6.07, 6.45) is 0. The highest BCUT2D eigenvalue weighted by Crippen LogP contribution is 2.01. The van der Waals surface area contributed by atoms with Crippen molar-refractivity contribution < 1.29 is 5.11 Å². The van der Waals surface area contributed by atoms with Crippen LogP contribution in [0.5, 0.6) is 0 Å². The molecular weight excluding hydrogens is 142 g/mol. The van der Waals surface area contributed by atoms with Gasteiger partial charge in [-0.2, -0.15) is 0 Å². The quantitative estimate of drug-likeness (QED) is 0.561. The third-order valence-corrected chi connectivity index (χ3v) is 1.78. The van der Waals surface area contributed by atoms with Crippen LogP contribution < -0.4 is 0 Å². The average Bonchev–Trinajstić information content (AvgIpc) is 1.85. The number of aliphatic hydroxyl groups is 1. The molecule has 4 nitrogen and oxygen atoms in total. The standard InChI is InChI=1S/C7H17N3O/c1-8-5-9(2)7-10(6-8)3-4-11/h11H,3-7H2,1-2H3. The zero-order chi connectivity index (χ0) is 8.27. The smallest absolute Gasteiger partial charge is 0.0559 e. The second-order valence-electron chi connectivity index (χ2n) is 3.25. The zero-order valence-corrected chi connectivity index (χ0v) is 7.32. The van der Waals surface area contributed by atoms with Crippen molar-refractivity contribution in [1.29, 1.82) is 0 Å². The summed E-state index contributed by atoms with van der Waals surface area (Å²) in [6, 6.07) is 0. The van der Waals surface area contributed by atoms with Crippen molar-refractivity contribution in [3.05, 3.63) is 0 Å². The number of nitrogens with zero attached hydrogens (tertiary/aromatic N) is 3. The number of hydrogen-bond donors (Lipinski definition) is 1. The molecule has 1 N–H and O–H groups in total. The van der Waals surface area contributed by atoms with Gasteiger partial charge in [-0.1, -0.05) is 0 Å². The van der Waals surface area contributed by atoms with Crippen molar-refractivity contribution in [2.75, 3.05) is 47.3 Å². The van der Waals surface area contributed by atoms with E-state index in [4.69, 9.17) is 5.11 Å². The normalized spacial score (nSPS) is 24.3. The van der Waals surface area contributed by atoms with Crippen LogP contribution in [0.4, 0.5) is 0 Å². The van der Waals surface area contributed by atoms with Crippen LogP contribution in [0.25, 0.3) is 0 Å². The molecule has 1 aliphatic heterocycles. The van der Waals surface area contributed by atoms with E-state index in [1.54, 1.807) is 0 Å². The van der Waals surface area contributed by atoms with E-state index in [1.165, 1.54) is 0 Å². The topological polar surface area (TPSA) is 30.0 Å². The fourth-order valence-corrected chi connectivity index (χ4v) is 1.51. The van der Waals surface area contributed by atoms with Gasteiger partial charge in [0.25, 0.3) is 0 Å². The molecule has 1 saturated heterocycles. The summed E-state index contributed by atoms with van der Waals surface area (Å²) < 4.78 is 0.